The van der Waals surface area contributed by atoms with Gasteiger partial charge in [-0.2, -0.15) is 0 Å². The zero-order valence-electron chi connectivity index (χ0n) is 16.0. The van der Waals surface area contributed by atoms with Crippen LogP contribution < -0.4 is 5.32 Å². The number of esters is 1. The Morgan fingerprint density at radius 2 is 1.59 bits per heavy atom. The number of rotatable bonds is 13. The van der Waals surface area contributed by atoms with Gasteiger partial charge in [-0.1, -0.05) is 43.7 Å². The van der Waals surface area contributed by atoms with Crippen LogP contribution in [-0.4, -0.2) is 38.9 Å². The van der Waals surface area contributed by atoms with Crippen molar-refractivity contribution >= 4 is 11.7 Å². The van der Waals surface area contributed by atoms with E-state index in [1.54, 1.807) is 12.1 Å². The number of hydrogen-bond acceptors (Lipinski definition) is 5. The molecule has 0 bridgehead atoms. The van der Waals surface area contributed by atoms with Gasteiger partial charge >= 0.3 is 5.97 Å². The number of ether oxygens (including phenoxy) is 3. The molecule has 1 N–H and O–H groups in total. The number of anilines is 1. The molecule has 0 aliphatic heterocycles. The molecule has 0 unspecified atom stereocenters. The van der Waals surface area contributed by atoms with Crippen molar-refractivity contribution in [2.24, 2.45) is 0 Å². The Kier molecular flexibility index (Phi) is 10.0. The molecule has 0 aromatic heterocycles. The van der Waals surface area contributed by atoms with Crippen molar-refractivity contribution in [2.75, 3.05) is 38.3 Å². The Balaban J connectivity index is 1.51. The molecule has 0 saturated carbocycles. The average Bonchev–Trinajstić information content (AvgIpc) is 2.71. The quantitative estimate of drug-likeness (QED) is 0.420. The summed E-state index contributed by atoms with van der Waals surface area (Å²) in [7, 11) is 0. The number of unbranched alkanes of at least 4 members (excludes halogenated alkanes) is 1. The monoisotopic (exact) mass is 371 g/mol. The highest BCUT2D eigenvalue weighted by Gasteiger charge is 2.06. The number of carbonyl (C=O) groups excluding carboxylic acids is 1. The van der Waals surface area contributed by atoms with Gasteiger partial charge in [0.25, 0.3) is 0 Å². The van der Waals surface area contributed by atoms with Crippen LogP contribution in [0.4, 0.5) is 5.69 Å². The fourth-order valence-electron chi connectivity index (χ4n) is 2.39. The summed E-state index contributed by atoms with van der Waals surface area (Å²) in [5, 5.41) is 3.31. The second-order valence-electron chi connectivity index (χ2n) is 6.14. The summed E-state index contributed by atoms with van der Waals surface area (Å²) in [5.41, 5.74) is 2.69. The second kappa shape index (κ2) is 12.9. The normalized spacial score (nSPS) is 10.6. The highest BCUT2D eigenvalue weighted by Crippen LogP contribution is 2.10. The Hall–Kier alpha value is -2.37. The van der Waals surface area contributed by atoms with E-state index in [9.17, 15) is 4.79 Å². The number of nitrogens with one attached hydrogen (secondary N) is 1. The van der Waals surface area contributed by atoms with Crippen molar-refractivity contribution in [3.05, 3.63) is 65.7 Å². The molecule has 0 heterocycles. The first-order valence-corrected chi connectivity index (χ1v) is 9.50. The van der Waals surface area contributed by atoms with Crippen molar-refractivity contribution < 1.29 is 19.0 Å². The molecular weight excluding hydrogens is 342 g/mol. The van der Waals surface area contributed by atoms with Gasteiger partial charge in [0, 0.05) is 12.2 Å². The smallest absolute Gasteiger partial charge is 0.338 e. The number of carbonyl (C=O) groups is 1. The van der Waals surface area contributed by atoms with Crippen LogP contribution in [0.3, 0.4) is 0 Å². The van der Waals surface area contributed by atoms with E-state index in [4.69, 9.17) is 14.2 Å². The third-order valence-corrected chi connectivity index (χ3v) is 3.92. The van der Waals surface area contributed by atoms with E-state index in [0.29, 0.717) is 32.0 Å². The number of benzene rings is 2. The highest BCUT2D eigenvalue weighted by molar-refractivity contribution is 5.89. The lowest BCUT2D eigenvalue weighted by Gasteiger charge is -2.08. The van der Waals surface area contributed by atoms with E-state index in [0.717, 1.165) is 30.6 Å². The minimum atomic E-state index is -0.334. The van der Waals surface area contributed by atoms with Gasteiger partial charge in [0.05, 0.1) is 32.0 Å². The van der Waals surface area contributed by atoms with E-state index >= 15 is 0 Å². The molecule has 0 amide bonds. The molecule has 0 radical (unpaired) electrons. The number of hydrogen-bond donors (Lipinski definition) is 1. The van der Waals surface area contributed by atoms with Crippen LogP contribution in [0.2, 0.25) is 0 Å². The molecule has 5 heteroatoms. The van der Waals surface area contributed by atoms with Crippen LogP contribution in [0.1, 0.15) is 35.7 Å². The SMILES string of the molecule is CCCCNc1ccc(C(=O)OCCOCCOCc2ccccc2)cc1. The van der Waals surface area contributed by atoms with Crippen molar-refractivity contribution in [3.63, 3.8) is 0 Å². The van der Waals surface area contributed by atoms with Gasteiger partial charge in [-0.25, -0.2) is 4.79 Å². The second-order valence-corrected chi connectivity index (χ2v) is 6.14. The first-order chi connectivity index (χ1) is 13.3. The van der Waals surface area contributed by atoms with Gasteiger partial charge in [0.1, 0.15) is 6.61 Å². The maximum Gasteiger partial charge on any atom is 0.338 e. The standard InChI is InChI=1S/C22H29NO4/c1-2-3-13-23-21-11-9-20(10-12-21)22(24)27-17-16-25-14-15-26-18-19-7-5-4-6-8-19/h4-12,23H,2-3,13-18H2,1H3. The van der Waals surface area contributed by atoms with Gasteiger partial charge in [-0.15, -0.1) is 0 Å². The van der Waals surface area contributed by atoms with Crippen molar-refractivity contribution in [1.82, 2.24) is 0 Å². The van der Waals surface area contributed by atoms with Crippen molar-refractivity contribution in [1.29, 1.82) is 0 Å². The zero-order chi connectivity index (χ0) is 19.2. The maximum atomic E-state index is 12.0. The van der Waals surface area contributed by atoms with E-state index in [1.165, 1.54) is 0 Å². The van der Waals surface area contributed by atoms with Crippen LogP contribution in [-0.2, 0) is 20.8 Å². The molecule has 2 rings (SSSR count). The Morgan fingerprint density at radius 3 is 2.33 bits per heavy atom. The Bertz CT molecular complexity index is 643. The summed E-state index contributed by atoms with van der Waals surface area (Å²) in [4.78, 5) is 12.0. The minimum Gasteiger partial charge on any atom is -0.460 e. The van der Waals surface area contributed by atoms with Gasteiger partial charge in [0.15, 0.2) is 0 Å². The minimum absolute atomic E-state index is 0.230. The van der Waals surface area contributed by atoms with Crippen LogP contribution >= 0.6 is 0 Å². The van der Waals surface area contributed by atoms with Gasteiger partial charge in [-0.05, 0) is 36.2 Å². The van der Waals surface area contributed by atoms with Gasteiger partial charge in [-0.3, -0.25) is 0 Å². The van der Waals surface area contributed by atoms with Crippen LogP contribution in [0.5, 0.6) is 0 Å². The molecule has 0 atom stereocenters. The molecule has 0 saturated heterocycles. The first kappa shape index (κ1) is 20.9. The fourth-order valence-corrected chi connectivity index (χ4v) is 2.39. The molecule has 5 nitrogen and oxygen atoms in total. The summed E-state index contributed by atoms with van der Waals surface area (Å²) < 4.78 is 16.2. The van der Waals surface area contributed by atoms with Crippen molar-refractivity contribution in [3.8, 4) is 0 Å². The average molecular weight is 371 g/mol. The third-order valence-electron chi connectivity index (χ3n) is 3.92. The van der Waals surface area contributed by atoms with Crippen LogP contribution in [0.15, 0.2) is 54.6 Å². The predicted molar refractivity (Wildman–Crippen MR) is 107 cm³/mol. The van der Waals surface area contributed by atoms with E-state index in [2.05, 4.69) is 12.2 Å². The summed E-state index contributed by atoms with van der Waals surface area (Å²) in [6, 6.07) is 17.3. The van der Waals surface area contributed by atoms with Crippen LogP contribution in [0.25, 0.3) is 0 Å². The third kappa shape index (κ3) is 8.71. The molecule has 0 aliphatic rings. The molecule has 2 aromatic carbocycles. The van der Waals surface area contributed by atoms with E-state index in [1.807, 2.05) is 42.5 Å². The summed E-state index contributed by atoms with van der Waals surface area (Å²) in [5.74, 6) is -0.334. The van der Waals surface area contributed by atoms with E-state index < -0.39 is 0 Å². The van der Waals surface area contributed by atoms with Crippen LogP contribution in [0, 0.1) is 0 Å². The predicted octanol–water partition coefficient (Wildman–Crippen LogP) is 4.29. The lowest BCUT2D eigenvalue weighted by Crippen LogP contribution is -2.13. The van der Waals surface area contributed by atoms with Crippen molar-refractivity contribution in [2.45, 2.75) is 26.4 Å². The lowest BCUT2D eigenvalue weighted by molar-refractivity contribution is 0.0116. The Morgan fingerprint density at radius 1 is 0.889 bits per heavy atom. The molecule has 2 aromatic rings. The molecule has 146 valence electrons. The van der Waals surface area contributed by atoms with E-state index in [-0.39, 0.29) is 12.6 Å². The summed E-state index contributed by atoms with van der Waals surface area (Å²) in [6.07, 6.45) is 2.28. The summed E-state index contributed by atoms with van der Waals surface area (Å²) >= 11 is 0. The fraction of sp³-hybridized carbons (Fsp3) is 0.409. The van der Waals surface area contributed by atoms with Gasteiger partial charge < -0.3 is 19.5 Å². The molecule has 0 spiro atoms. The molecular formula is C22H29NO4. The summed E-state index contributed by atoms with van der Waals surface area (Å²) in [6.45, 7) is 5.24. The zero-order valence-corrected chi connectivity index (χ0v) is 16.0. The lowest BCUT2D eigenvalue weighted by atomic mass is 10.2. The molecule has 0 aliphatic carbocycles. The molecule has 27 heavy (non-hydrogen) atoms. The van der Waals surface area contributed by atoms with Gasteiger partial charge in [0.2, 0.25) is 0 Å². The maximum absolute atomic E-state index is 12.0. The first-order valence-electron chi connectivity index (χ1n) is 9.50. The molecule has 0 fully saturated rings. The highest BCUT2D eigenvalue weighted by atomic mass is 16.6. The Labute approximate surface area is 161 Å². The topological polar surface area (TPSA) is 56.8 Å². The largest absolute Gasteiger partial charge is 0.460 e.